The van der Waals surface area contributed by atoms with E-state index in [0.29, 0.717) is 0 Å². The van der Waals surface area contributed by atoms with E-state index >= 15 is 0 Å². The Morgan fingerprint density at radius 1 is 0.700 bits per heavy atom. The normalized spacial score (nSPS) is 10.8. The molecule has 0 aromatic carbocycles. The first-order valence-electron chi connectivity index (χ1n) is 3.20. The molecule has 0 radical (unpaired) electrons. The van der Waals surface area contributed by atoms with E-state index < -0.39 is 0 Å². The second-order valence-electron chi connectivity index (χ2n) is 1.44. The topological polar surface area (TPSA) is 0 Å². The van der Waals surface area contributed by atoms with Crippen LogP contribution in [0.25, 0.3) is 0 Å². The van der Waals surface area contributed by atoms with Gasteiger partial charge in [-0.2, -0.15) is 0 Å². The largest absolute Gasteiger partial charge is 0.0966 e. The highest BCUT2D eigenvalue weighted by Gasteiger charge is 1.55. The molecular weight excluding hydrogens is 188 g/mol. The Morgan fingerprint density at radius 2 is 1.00 bits per heavy atom. The lowest BCUT2D eigenvalue weighted by molar-refractivity contribution is 1.71. The van der Waals surface area contributed by atoms with Gasteiger partial charge in [-0.1, -0.05) is 52.4 Å². The number of hydrogen-bond donors (Lipinski definition) is 0. The van der Waals surface area contributed by atoms with Gasteiger partial charge >= 0.3 is 0 Å². The molecule has 0 aromatic rings. The second-order valence-corrected chi connectivity index (χ2v) is 1.44. The summed E-state index contributed by atoms with van der Waals surface area (Å²) in [7, 11) is 0. The number of hydrogen-bond acceptors (Lipinski definition) is 0. The maximum absolute atomic E-state index is 2.94. The highest BCUT2D eigenvalue weighted by atomic mass is 79.9. The highest BCUT2D eigenvalue weighted by molar-refractivity contribution is 9.08. The molecular formula is C9H15Br. The van der Waals surface area contributed by atoms with E-state index in [1.54, 1.807) is 0 Å². The zero-order valence-corrected chi connectivity index (χ0v) is 8.43. The summed E-state index contributed by atoms with van der Waals surface area (Å²) in [6.07, 6.45) is 12.0. The molecule has 1 heteroatoms. The molecule has 0 heterocycles. The van der Waals surface area contributed by atoms with Crippen molar-refractivity contribution in [1.29, 1.82) is 0 Å². The lowest BCUT2D eigenvalue weighted by Crippen LogP contribution is -1.46. The summed E-state index contributed by atoms with van der Waals surface area (Å²) in [5, 5.41) is 0. The molecule has 0 aliphatic carbocycles. The van der Waals surface area contributed by atoms with Gasteiger partial charge in [0, 0.05) is 0 Å². The van der Waals surface area contributed by atoms with E-state index in [2.05, 4.69) is 15.9 Å². The van der Waals surface area contributed by atoms with Gasteiger partial charge in [0.2, 0.25) is 0 Å². The summed E-state index contributed by atoms with van der Waals surface area (Å²) in [6.45, 7) is 4.00. The van der Waals surface area contributed by atoms with Crippen LogP contribution in [-0.4, -0.2) is 5.83 Å². The molecule has 0 saturated carbocycles. The van der Waals surface area contributed by atoms with E-state index in [0.717, 1.165) is 0 Å². The predicted octanol–water partition coefficient (Wildman–Crippen LogP) is 3.71. The molecule has 0 nitrogen and oxygen atoms in total. The monoisotopic (exact) mass is 202 g/mol. The molecule has 0 bridgehead atoms. The minimum Gasteiger partial charge on any atom is -0.0966 e. The molecule has 0 aromatic heterocycles. The smallest absolute Gasteiger partial charge is 0.00848 e. The summed E-state index contributed by atoms with van der Waals surface area (Å²) >= 11 is 2.94. The number of alkyl halides is 1. The molecule has 0 aliphatic rings. The first-order valence-corrected chi connectivity index (χ1v) is 4.79. The minimum atomic E-state index is 1.81. The molecule has 10 heavy (non-hydrogen) atoms. The third-order valence-electron chi connectivity index (χ3n) is 0.718. The van der Waals surface area contributed by atoms with Gasteiger partial charge in [0.05, 0.1) is 0 Å². The molecule has 0 N–H and O–H groups in total. The first kappa shape index (κ1) is 12.4. The Labute approximate surface area is 72.5 Å². The Bertz CT molecular complexity index is 95.9. The van der Waals surface area contributed by atoms with Crippen LogP contribution in [0.1, 0.15) is 13.8 Å². The van der Waals surface area contributed by atoms with Crippen LogP contribution in [0.3, 0.4) is 0 Å². The van der Waals surface area contributed by atoms with Gasteiger partial charge in [-0.25, -0.2) is 0 Å². The van der Waals surface area contributed by atoms with Crippen LogP contribution in [0.5, 0.6) is 0 Å². The third kappa shape index (κ3) is 15.6. The number of rotatable bonds is 2. The fraction of sp³-hybridized carbons (Fsp3) is 0.333. The molecule has 0 aliphatic heterocycles. The van der Waals surface area contributed by atoms with Crippen molar-refractivity contribution in [2.45, 2.75) is 13.8 Å². The average Bonchev–Trinajstić information content (AvgIpc) is 2.02. The summed E-state index contributed by atoms with van der Waals surface area (Å²) in [4.78, 5) is 0. The predicted molar refractivity (Wildman–Crippen MR) is 53.6 cm³/mol. The van der Waals surface area contributed by atoms with E-state index in [1.165, 1.54) is 0 Å². The van der Waals surface area contributed by atoms with Gasteiger partial charge in [0.25, 0.3) is 0 Å². The molecule has 0 rings (SSSR count). The van der Waals surface area contributed by atoms with Gasteiger partial charge in [0.1, 0.15) is 0 Å². The number of halogens is 1. The zero-order valence-electron chi connectivity index (χ0n) is 6.84. The average molecular weight is 203 g/mol. The second kappa shape index (κ2) is 15.9. The zero-order chi connectivity index (χ0) is 8.24. The first-order chi connectivity index (χ1) is 4.91. The van der Waals surface area contributed by atoms with Gasteiger partial charge in [-0.05, 0) is 19.7 Å². The van der Waals surface area contributed by atoms with Crippen molar-refractivity contribution in [2.75, 3.05) is 5.83 Å². The molecule has 0 unspecified atom stereocenters. The molecule has 58 valence electrons. The highest BCUT2D eigenvalue weighted by Crippen LogP contribution is 1.77. The van der Waals surface area contributed by atoms with Crippen LogP contribution in [-0.2, 0) is 0 Å². The molecule has 0 amide bonds. The lowest BCUT2D eigenvalue weighted by Gasteiger charge is -1.68. The van der Waals surface area contributed by atoms with Crippen molar-refractivity contribution in [2.24, 2.45) is 0 Å². The molecule has 0 saturated heterocycles. The van der Waals surface area contributed by atoms with Crippen molar-refractivity contribution in [3.63, 3.8) is 0 Å². The van der Waals surface area contributed by atoms with Crippen LogP contribution in [0.15, 0.2) is 36.5 Å². The van der Waals surface area contributed by atoms with Crippen LogP contribution < -0.4 is 0 Å². The van der Waals surface area contributed by atoms with Crippen molar-refractivity contribution in [3.8, 4) is 0 Å². The summed E-state index contributed by atoms with van der Waals surface area (Å²) in [5.41, 5.74) is 0. The fourth-order valence-electron chi connectivity index (χ4n) is 0.351. The van der Waals surface area contributed by atoms with Gasteiger partial charge in [0.15, 0.2) is 0 Å². The van der Waals surface area contributed by atoms with E-state index in [9.17, 15) is 0 Å². The Balaban J connectivity index is 0. The SMILES string of the molecule is CBr.C\C=C/C=C\C=C\C. The van der Waals surface area contributed by atoms with E-state index in [-0.39, 0.29) is 0 Å². The van der Waals surface area contributed by atoms with E-state index in [1.807, 2.05) is 56.1 Å². The van der Waals surface area contributed by atoms with Crippen molar-refractivity contribution in [1.82, 2.24) is 0 Å². The van der Waals surface area contributed by atoms with Crippen molar-refractivity contribution in [3.05, 3.63) is 36.5 Å². The maximum Gasteiger partial charge on any atom is -0.00848 e. The molecule has 0 atom stereocenters. The molecule has 0 spiro atoms. The quantitative estimate of drug-likeness (QED) is 0.474. The van der Waals surface area contributed by atoms with Crippen LogP contribution in [0.2, 0.25) is 0 Å². The summed E-state index contributed by atoms with van der Waals surface area (Å²) in [5.74, 6) is 1.81. The fourth-order valence-corrected chi connectivity index (χ4v) is 0.351. The number of allylic oxidation sites excluding steroid dienone is 6. The van der Waals surface area contributed by atoms with Gasteiger partial charge in [-0.3, -0.25) is 0 Å². The standard InChI is InChI=1S/C8H12.CH3Br/c1-3-5-7-8-6-4-2;1-2/h3-8H,1-2H3;1H3/b5-3-,6-4+,8-7-;. The minimum absolute atomic E-state index is 1.81. The van der Waals surface area contributed by atoms with Gasteiger partial charge < -0.3 is 0 Å². The van der Waals surface area contributed by atoms with E-state index in [4.69, 9.17) is 0 Å². The Hall–Kier alpha value is -0.300. The van der Waals surface area contributed by atoms with Gasteiger partial charge in [-0.15, -0.1) is 0 Å². The Morgan fingerprint density at radius 3 is 1.20 bits per heavy atom. The van der Waals surface area contributed by atoms with Crippen molar-refractivity contribution >= 4 is 15.9 Å². The van der Waals surface area contributed by atoms with Crippen LogP contribution in [0, 0.1) is 0 Å². The van der Waals surface area contributed by atoms with Crippen LogP contribution >= 0.6 is 15.9 Å². The summed E-state index contributed by atoms with van der Waals surface area (Å²) < 4.78 is 0. The van der Waals surface area contributed by atoms with Crippen LogP contribution in [0.4, 0.5) is 0 Å². The molecule has 0 fully saturated rings. The Kier molecular flexibility index (Phi) is 19.7. The third-order valence-corrected chi connectivity index (χ3v) is 0.718. The lowest BCUT2D eigenvalue weighted by atomic mass is 10.4. The van der Waals surface area contributed by atoms with Crippen molar-refractivity contribution < 1.29 is 0 Å². The summed E-state index contributed by atoms with van der Waals surface area (Å²) in [6, 6.07) is 0. The maximum atomic E-state index is 2.94.